The Hall–Kier alpha value is -0.120. The van der Waals surface area contributed by atoms with Crippen LogP contribution in [0.5, 0.6) is 0 Å². The van der Waals surface area contributed by atoms with Crippen molar-refractivity contribution in [2.75, 3.05) is 0 Å². The Bertz CT molecular complexity index is 305. The number of nitrogens with two attached hydrogens (primary N) is 1. The minimum Gasteiger partial charge on any atom is -0.321 e. The van der Waals surface area contributed by atoms with Crippen LogP contribution in [0.2, 0.25) is 0 Å². The molecule has 0 spiro atoms. The van der Waals surface area contributed by atoms with Crippen molar-refractivity contribution < 1.29 is 4.39 Å². The fraction of sp³-hybridized carbons (Fsp3) is 0.333. The summed E-state index contributed by atoms with van der Waals surface area (Å²) in [4.78, 5) is 0. The third kappa shape index (κ3) is 1.87. The molecule has 1 aliphatic carbocycles. The zero-order valence-corrected chi connectivity index (χ0v) is 9.29. The lowest BCUT2D eigenvalue weighted by Gasteiger charge is -2.11. The fourth-order valence-corrected chi connectivity index (χ4v) is 2.09. The van der Waals surface area contributed by atoms with E-state index in [4.69, 9.17) is 5.73 Å². The van der Waals surface area contributed by atoms with Gasteiger partial charge in [-0.1, -0.05) is 22.0 Å². The summed E-state index contributed by atoms with van der Waals surface area (Å²) >= 11 is 3.30. The first-order valence-electron chi connectivity index (χ1n) is 3.87. The van der Waals surface area contributed by atoms with Crippen molar-refractivity contribution in [2.24, 2.45) is 5.73 Å². The molecule has 0 unspecified atom stereocenters. The number of hydrogen-bond acceptors (Lipinski definition) is 1. The first kappa shape index (κ1) is 11.0. The molecule has 13 heavy (non-hydrogen) atoms. The van der Waals surface area contributed by atoms with Crippen molar-refractivity contribution >= 4 is 28.3 Å². The second kappa shape index (κ2) is 3.56. The quantitative estimate of drug-likeness (QED) is 0.831. The summed E-state index contributed by atoms with van der Waals surface area (Å²) in [6, 6.07) is 4.95. The van der Waals surface area contributed by atoms with Gasteiger partial charge in [-0.15, -0.1) is 12.4 Å². The SMILES string of the molecule is Cl.NC1(c2c(F)cccc2Br)CC1. The minimum absolute atomic E-state index is 0. The molecule has 1 aliphatic rings. The standard InChI is InChI=1S/C9H9BrFN.ClH/c10-6-2-1-3-7(11)8(6)9(12)4-5-9;/h1-3H,4-5,12H2;1H. The van der Waals surface area contributed by atoms with Crippen LogP contribution >= 0.6 is 28.3 Å². The molecule has 1 aromatic carbocycles. The molecule has 2 N–H and O–H groups in total. The second-order valence-electron chi connectivity index (χ2n) is 3.25. The van der Waals surface area contributed by atoms with Crippen LogP contribution in [0.1, 0.15) is 18.4 Å². The second-order valence-corrected chi connectivity index (χ2v) is 4.11. The molecule has 0 amide bonds. The highest BCUT2D eigenvalue weighted by Gasteiger charge is 2.43. The van der Waals surface area contributed by atoms with E-state index >= 15 is 0 Å². The lowest BCUT2D eigenvalue weighted by atomic mass is 10.1. The van der Waals surface area contributed by atoms with E-state index in [1.54, 1.807) is 6.07 Å². The van der Waals surface area contributed by atoms with Crippen LogP contribution < -0.4 is 5.73 Å². The molecule has 0 bridgehead atoms. The third-order valence-electron chi connectivity index (χ3n) is 2.25. The van der Waals surface area contributed by atoms with Crippen molar-refractivity contribution in [1.82, 2.24) is 0 Å². The molecule has 0 atom stereocenters. The van der Waals surface area contributed by atoms with Crippen molar-refractivity contribution in [3.05, 3.63) is 34.1 Å². The summed E-state index contributed by atoms with van der Waals surface area (Å²) < 4.78 is 14.1. The average Bonchev–Trinajstić information content (AvgIpc) is 2.68. The molecule has 1 saturated carbocycles. The molecule has 4 heteroatoms. The maximum atomic E-state index is 13.3. The van der Waals surface area contributed by atoms with Gasteiger partial charge in [-0.2, -0.15) is 0 Å². The smallest absolute Gasteiger partial charge is 0.129 e. The number of rotatable bonds is 1. The normalized spacial score (nSPS) is 17.8. The molecular weight excluding hydrogens is 256 g/mol. The molecular formula is C9H10BrClFN. The molecule has 0 aliphatic heterocycles. The van der Waals surface area contributed by atoms with E-state index in [9.17, 15) is 4.39 Å². The predicted octanol–water partition coefficient (Wildman–Crippen LogP) is 2.96. The van der Waals surface area contributed by atoms with Crippen LogP contribution in [0.4, 0.5) is 4.39 Å². The van der Waals surface area contributed by atoms with Crippen LogP contribution in [0, 0.1) is 5.82 Å². The lowest BCUT2D eigenvalue weighted by molar-refractivity contribution is 0.575. The zero-order chi connectivity index (χ0) is 8.77. The van der Waals surface area contributed by atoms with Gasteiger partial charge in [-0.25, -0.2) is 4.39 Å². The zero-order valence-electron chi connectivity index (χ0n) is 6.89. The highest BCUT2D eigenvalue weighted by atomic mass is 79.9. The molecule has 1 fully saturated rings. The Labute approximate surface area is 91.0 Å². The predicted molar refractivity (Wildman–Crippen MR) is 56.4 cm³/mol. The number of halogens is 3. The maximum Gasteiger partial charge on any atom is 0.129 e. The highest BCUT2D eigenvalue weighted by Crippen LogP contribution is 2.46. The Balaban J connectivity index is 0.000000845. The van der Waals surface area contributed by atoms with E-state index in [0.717, 1.165) is 17.3 Å². The topological polar surface area (TPSA) is 26.0 Å². The van der Waals surface area contributed by atoms with Crippen molar-refractivity contribution in [2.45, 2.75) is 18.4 Å². The average molecular weight is 267 g/mol. The van der Waals surface area contributed by atoms with Gasteiger partial charge < -0.3 is 5.73 Å². The van der Waals surface area contributed by atoms with E-state index in [-0.39, 0.29) is 18.2 Å². The molecule has 0 saturated heterocycles. The molecule has 2 rings (SSSR count). The molecule has 1 aromatic rings. The van der Waals surface area contributed by atoms with Crippen LogP contribution in [0.15, 0.2) is 22.7 Å². The monoisotopic (exact) mass is 265 g/mol. The Morgan fingerprint density at radius 1 is 1.38 bits per heavy atom. The van der Waals surface area contributed by atoms with Crippen LogP contribution in [-0.4, -0.2) is 0 Å². The van der Waals surface area contributed by atoms with Gasteiger partial charge in [-0.05, 0) is 25.0 Å². The van der Waals surface area contributed by atoms with Crippen LogP contribution in [-0.2, 0) is 5.54 Å². The van der Waals surface area contributed by atoms with Gasteiger partial charge in [0.25, 0.3) is 0 Å². The lowest BCUT2D eigenvalue weighted by Crippen LogP contribution is -2.20. The van der Waals surface area contributed by atoms with Gasteiger partial charge in [0.15, 0.2) is 0 Å². The first-order chi connectivity index (χ1) is 5.63. The molecule has 1 nitrogen and oxygen atoms in total. The number of hydrogen-bond donors (Lipinski definition) is 1. The molecule has 0 aromatic heterocycles. The van der Waals surface area contributed by atoms with Crippen LogP contribution in [0.25, 0.3) is 0 Å². The molecule has 72 valence electrons. The van der Waals surface area contributed by atoms with Crippen molar-refractivity contribution in [1.29, 1.82) is 0 Å². The van der Waals surface area contributed by atoms with Crippen molar-refractivity contribution in [3.63, 3.8) is 0 Å². The van der Waals surface area contributed by atoms with Gasteiger partial charge >= 0.3 is 0 Å². The highest BCUT2D eigenvalue weighted by molar-refractivity contribution is 9.10. The number of benzene rings is 1. The Morgan fingerprint density at radius 2 is 2.00 bits per heavy atom. The van der Waals surface area contributed by atoms with E-state index in [2.05, 4.69) is 15.9 Å². The summed E-state index contributed by atoms with van der Waals surface area (Å²) in [5, 5.41) is 0. The van der Waals surface area contributed by atoms with Crippen molar-refractivity contribution in [3.8, 4) is 0 Å². The van der Waals surface area contributed by atoms with E-state index < -0.39 is 5.54 Å². The Morgan fingerprint density at radius 3 is 2.46 bits per heavy atom. The summed E-state index contributed by atoms with van der Waals surface area (Å²) in [6.45, 7) is 0. The minimum atomic E-state index is -0.399. The summed E-state index contributed by atoms with van der Waals surface area (Å²) in [5.41, 5.74) is 6.13. The van der Waals surface area contributed by atoms with Gasteiger partial charge in [0, 0.05) is 15.6 Å². The van der Waals surface area contributed by atoms with E-state index in [1.807, 2.05) is 6.07 Å². The maximum absolute atomic E-state index is 13.3. The molecule has 0 heterocycles. The van der Waals surface area contributed by atoms with Gasteiger partial charge in [0.1, 0.15) is 5.82 Å². The Kier molecular flexibility index (Phi) is 3.00. The third-order valence-corrected chi connectivity index (χ3v) is 2.91. The summed E-state index contributed by atoms with van der Waals surface area (Å²) in [6.07, 6.45) is 1.76. The first-order valence-corrected chi connectivity index (χ1v) is 4.66. The van der Waals surface area contributed by atoms with E-state index in [1.165, 1.54) is 6.07 Å². The van der Waals surface area contributed by atoms with Gasteiger partial charge in [0.05, 0.1) is 0 Å². The van der Waals surface area contributed by atoms with Crippen LogP contribution in [0.3, 0.4) is 0 Å². The van der Waals surface area contributed by atoms with Gasteiger partial charge in [0.2, 0.25) is 0 Å². The summed E-state index contributed by atoms with van der Waals surface area (Å²) in [7, 11) is 0. The fourth-order valence-electron chi connectivity index (χ4n) is 1.36. The molecule has 0 radical (unpaired) electrons. The largest absolute Gasteiger partial charge is 0.321 e. The van der Waals surface area contributed by atoms with Gasteiger partial charge in [-0.3, -0.25) is 0 Å². The van der Waals surface area contributed by atoms with E-state index in [0.29, 0.717) is 5.56 Å². The summed E-state index contributed by atoms with van der Waals surface area (Å²) in [5.74, 6) is -0.204.